The van der Waals surface area contributed by atoms with Gasteiger partial charge in [-0.1, -0.05) is 38.8 Å². The molecule has 0 spiro atoms. The van der Waals surface area contributed by atoms with Gasteiger partial charge >= 0.3 is 5.97 Å². The fourth-order valence-corrected chi connectivity index (χ4v) is 3.07. The van der Waals surface area contributed by atoms with E-state index < -0.39 is 12.1 Å². The van der Waals surface area contributed by atoms with Crippen molar-refractivity contribution in [2.75, 3.05) is 0 Å². The Morgan fingerprint density at radius 3 is 2.50 bits per heavy atom. The summed E-state index contributed by atoms with van der Waals surface area (Å²) in [6.07, 6.45) is 3.11. The third-order valence-electron chi connectivity index (χ3n) is 4.97. The Kier molecular flexibility index (Phi) is 6.12. The van der Waals surface area contributed by atoms with Gasteiger partial charge in [0.2, 0.25) is 0 Å². The summed E-state index contributed by atoms with van der Waals surface area (Å²) in [6.45, 7) is 5.93. The molecule has 24 heavy (non-hydrogen) atoms. The van der Waals surface area contributed by atoms with Crippen LogP contribution < -0.4 is 5.32 Å². The van der Waals surface area contributed by atoms with E-state index in [1.807, 2.05) is 0 Å². The summed E-state index contributed by atoms with van der Waals surface area (Å²) in [5.41, 5.74) is 0.803. The number of aldehydes is 1. The first-order chi connectivity index (χ1) is 11.4. The third kappa shape index (κ3) is 4.43. The molecule has 1 aliphatic carbocycles. The highest BCUT2D eigenvalue weighted by molar-refractivity contribution is 5.92. The normalized spacial score (nSPS) is 24.7. The van der Waals surface area contributed by atoms with Crippen molar-refractivity contribution in [1.82, 2.24) is 5.32 Å². The van der Waals surface area contributed by atoms with Gasteiger partial charge in [0.05, 0.1) is 5.56 Å². The van der Waals surface area contributed by atoms with Gasteiger partial charge in [-0.25, -0.2) is 4.79 Å². The molecule has 1 saturated carbocycles. The van der Waals surface area contributed by atoms with E-state index in [0.717, 1.165) is 12.8 Å². The smallest absolute Gasteiger partial charge is 0.338 e. The lowest BCUT2D eigenvalue weighted by atomic mass is 9.78. The monoisotopic (exact) mass is 331 g/mol. The molecule has 0 bridgehead atoms. The Hall–Kier alpha value is -2.17. The first-order valence-corrected chi connectivity index (χ1v) is 8.49. The first-order valence-electron chi connectivity index (χ1n) is 8.49. The molecule has 1 aromatic rings. The Bertz CT molecular complexity index is 596. The quantitative estimate of drug-likeness (QED) is 0.665. The first kappa shape index (κ1) is 18.2. The van der Waals surface area contributed by atoms with Crippen LogP contribution in [0.25, 0.3) is 0 Å². The number of nitrogens with one attached hydrogen (secondary N) is 1. The van der Waals surface area contributed by atoms with Gasteiger partial charge in [-0.15, -0.1) is 0 Å². The molecular formula is C19H25NO4. The Morgan fingerprint density at radius 2 is 1.88 bits per heavy atom. The van der Waals surface area contributed by atoms with Crippen LogP contribution in [0.3, 0.4) is 0 Å². The molecule has 1 N–H and O–H groups in total. The summed E-state index contributed by atoms with van der Waals surface area (Å²) in [7, 11) is 0. The molecule has 4 atom stereocenters. The van der Waals surface area contributed by atoms with Crippen LogP contribution >= 0.6 is 0 Å². The maximum Gasteiger partial charge on any atom is 0.338 e. The Balaban J connectivity index is 1.90. The number of hydrogen-bond acceptors (Lipinski definition) is 4. The van der Waals surface area contributed by atoms with Crippen LogP contribution in [0.1, 0.15) is 60.7 Å². The van der Waals surface area contributed by atoms with Crippen LogP contribution in [0.5, 0.6) is 0 Å². The molecule has 1 aromatic carbocycles. The van der Waals surface area contributed by atoms with E-state index in [9.17, 15) is 14.4 Å². The van der Waals surface area contributed by atoms with Crippen LogP contribution in [0.15, 0.2) is 24.3 Å². The number of ether oxygens (including phenoxy) is 1. The van der Waals surface area contributed by atoms with Gasteiger partial charge in [0.1, 0.15) is 6.29 Å². The summed E-state index contributed by atoms with van der Waals surface area (Å²) in [5.74, 6) is 0.165. The third-order valence-corrected chi connectivity index (χ3v) is 4.97. The van der Waals surface area contributed by atoms with Crippen molar-refractivity contribution in [3.63, 3.8) is 0 Å². The predicted molar refractivity (Wildman–Crippen MR) is 90.8 cm³/mol. The molecule has 1 amide bonds. The molecule has 130 valence electrons. The standard InChI is InChI=1S/C19H25NO4/c1-12-5-4-6-17(13(12)2)20-18(22)14(3)24-19(23)16-9-7-15(11-21)8-10-16/h7-14,17H,4-6H2,1-3H3,(H,20,22)/t12-,13-,14-,17+/m1/s1. The van der Waals surface area contributed by atoms with E-state index in [-0.39, 0.29) is 11.9 Å². The van der Waals surface area contributed by atoms with Crippen molar-refractivity contribution in [2.24, 2.45) is 11.8 Å². The maximum atomic E-state index is 12.3. The zero-order valence-electron chi connectivity index (χ0n) is 14.5. The van der Waals surface area contributed by atoms with Crippen molar-refractivity contribution >= 4 is 18.2 Å². The summed E-state index contributed by atoms with van der Waals surface area (Å²) in [6, 6.07) is 6.25. The van der Waals surface area contributed by atoms with Crippen LogP contribution in [-0.4, -0.2) is 30.3 Å². The summed E-state index contributed by atoms with van der Waals surface area (Å²) in [4.78, 5) is 35.0. The lowest BCUT2D eigenvalue weighted by molar-refractivity contribution is -0.130. The second kappa shape index (κ2) is 8.08. The van der Waals surface area contributed by atoms with Crippen molar-refractivity contribution in [2.45, 2.75) is 52.2 Å². The number of esters is 1. The Morgan fingerprint density at radius 1 is 1.21 bits per heavy atom. The highest BCUT2D eigenvalue weighted by atomic mass is 16.5. The van der Waals surface area contributed by atoms with Gasteiger partial charge < -0.3 is 10.1 Å². The van der Waals surface area contributed by atoms with E-state index in [1.165, 1.54) is 18.6 Å². The minimum absolute atomic E-state index is 0.134. The van der Waals surface area contributed by atoms with Crippen molar-refractivity contribution < 1.29 is 19.1 Å². The van der Waals surface area contributed by atoms with E-state index in [4.69, 9.17) is 4.74 Å². The zero-order chi connectivity index (χ0) is 17.7. The van der Waals surface area contributed by atoms with Crippen LogP contribution in [0.4, 0.5) is 0 Å². The largest absolute Gasteiger partial charge is 0.449 e. The number of carbonyl (C=O) groups is 3. The van der Waals surface area contributed by atoms with E-state index >= 15 is 0 Å². The minimum atomic E-state index is -0.854. The van der Waals surface area contributed by atoms with Crippen molar-refractivity contribution in [1.29, 1.82) is 0 Å². The molecule has 0 unspecified atom stereocenters. The van der Waals surface area contributed by atoms with Crippen LogP contribution in [0.2, 0.25) is 0 Å². The average Bonchev–Trinajstić information content (AvgIpc) is 2.58. The zero-order valence-corrected chi connectivity index (χ0v) is 14.5. The molecule has 5 nitrogen and oxygen atoms in total. The molecule has 1 aliphatic rings. The number of amides is 1. The topological polar surface area (TPSA) is 72.5 Å². The Labute approximate surface area is 142 Å². The van der Waals surface area contributed by atoms with Gasteiger partial charge in [-0.2, -0.15) is 0 Å². The van der Waals surface area contributed by atoms with Gasteiger partial charge in [-0.05, 0) is 37.3 Å². The summed E-state index contributed by atoms with van der Waals surface area (Å²) < 4.78 is 5.24. The molecule has 0 aliphatic heterocycles. The average molecular weight is 331 g/mol. The summed E-state index contributed by atoms with van der Waals surface area (Å²) >= 11 is 0. The predicted octanol–water partition coefficient (Wildman–Crippen LogP) is 2.99. The molecule has 1 fully saturated rings. The molecule has 0 heterocycles. The van der Waals surface area contributed by atoms with E-state index in [1.54, 1.807) is 19.1 Å². The van der Waals surface area contributed by atoms with E-state index in [0.29, 0.717) is 29.2 Å². The van der Waals surface area contributed by atoms with Gasteiger partial charge in [0, 0.05) is 11.6 Å². The second-order valence-electron chi connectivity index (χ2n) is 6.67. The van der Waals surface area contributed by atoms with Crippen molar-refractivity contribution in [3.05, 3.63) is 35.4 Å². The van der Waals surface area contributed by atoms with E-state index in [2.05, 4.69) is 19.2 Å². The molecule has 0 aromatic heterocycles. The van der Waals surface area contributed by atoms with Crippen LogP contribution in [-0.2, 0) is 9.53 Å². The molecule has 0 saturated heterocycles. The molecule has 2 rings (SSSR count). The number of hydrogen-bond donors (Lipinski definition) is 1. The maximum absolute atomic E-state index is 12.3. The highest BCUT2D eigenvalue weighted by Crippen LogP contribution is 2.29. The minimum Gasteiger partial charge on any atom is -0.449 e. The number of benzene rings is 1. The van der Waals surface area contributed by atoms with Gasteiger partial charge in [0.15, 0.2) is 6.10 Å². The number of carbonyl (C=O) groups excluding carboxylic acids is 3. The lowest BCUT2D eigenvalue weighted by Gasteiger charge is -2.35. The second-order valence-corrected chi connectivity index (χ2v) is 6.67. The van der Waals surface area contributed by atoms with Gasteiger partial charge in [-0.3, -0.25) is 9.59 Å². The van der Waals surface area contributed by atoms with Crippen molar-refractivity contribution in [3.8, 4) is 0 Å². The fourth-order valence-electron chi connectivity index (χ4n) is 3.07. The summed E-state index contributed by atoms with van der Waals surface area (Å²) in [5, 5.41) is 3.01. The molecular weight excluding hydrogens is 306 g/mol. The highest BCUT2D eigenvalue weighted by Gasteiger charge is 2.30. The SMILES string of the molecule is C[C@@H]1[C@H](C)CCC[C@@H]1NC(=O)[C@@H](C)OC(=O)c1ccc(C=O)cc1. The molecule has 0 radical (unpaired) electrons. The molecule has 5 heteroatoms. The lowest BCUT2D eigenvalue weighted by Crippen LogP contribution is -2.47. The van der Waals surface area contributed by atoms with Gasteiger partial charge in [0.25, 0.3) is 5.91 Å². The fraction of sp³-hybridized carbons (Fsp3) is 0.526. The van der Waals surface area contributed by atoms with Crippen LogP contribution in [0, 0.1) is 11.8 Å². The number of rotatable bonds is 5.